The molecule has 16 heavy (non-hydrogen) atoms. The SMILES string of the molecule is CS(=O)(=O)NCC(NS(C)(=O)=O)C(=O)NO. The molecule has 0 saturated carbocycles. The lowest BCUT2D eigenvalue weighted by molar-refractivity contribution is -0.130. The van der Waals surface area contributed by atoms with Crippen molar-refractivity contribution in [2.45, 2.75) is 6.04 Å². The first-order chi connectivity index (χ1) is 7.05. The second kappa shape index (κ2) is 5.54. The number of hydroxylamine groups is 1. The monoisotopic (exact) mass is 275 g/mol. The van der Waals surface area contributed by atoms with Crippen molar-refractivity contribution in [1.82, 2.24) is 14.9 Å². The Bertz CT molecular complexity index is 441. The molecule has 0 fully saturated rings. The van der Waals surface area contributed by atoms with Crippen LogP contribution in [0, 0.1) is 0 Å². The number of carbonyl (C=O) groups is 1. The average molecular weight is 275 g/mol. The quantitative estimate of drug-likeness (QED) is 0.300. The summed E-state index contributed by atoms with van der Waals surface area (Å²) in [7, 11) is -7.27. The van der Waals surface area contributed by atoms with Crippen molar-refractivity contribution >= 4 is 26.0 Å². The van der Waals surface area contributed by atoms with E-state index in [-0.39, 0.29) is 0 Å². The second-order valence-electron chi connectivity index (χ2n) is 3.04. The minimum Gasteiger partial charge on any atom is -0.289 e. The van der Waals surface area contributed by atoms with E-state index in [9.17, 15) is 21.6 Å². The molecule has 0 spiro atoms. The van der Waals surface area contributed by atoms with E-state index in [0.29, 0.717) is 0 Å². The van der Waals surface area contributed by atoms with Crippen LogP contribution in [-0.4, -0.2) is 53.0 Å². The van der Waals surface area contributed by atoms with Crippen molar-refractivity contribution in [2.75, 3.05) is 19.1 Å². The van der Waals surface area contributed by atoms with Gasteiger partial charge in [0.2, 0.25) is 20.0 Å². The fourth-order valence-electron chi connectivity index (χ4n) is 0.759. The molecule has 0 aromatic heterocycles. The smallest absolute Gasteiger partial charge is 0.262 e. The minimum atomic E-state index is -3.70. The number of nitrogens with one attached hydrogen (secondary N) is 3. The fraction of sp³-hybridized carbons (Fsp3) is 0.800. The molecule has 1 amide bonds. The molecule has 11 heteroatoms. The minimum absolute atomic E-state index is 0.502. The molecule has 0 aromatic rings. The molecule has 0 heterocycles. The van der Waals surface area contributed by atoms with Gasteiger partial charge in [-0.1, -0.05) is 0 Å². The van der Waals surface area contributed by atoms with Crippen LogP contribution >= 0.6 is 0 Å². The van der Waals surface area contributed by atoms with Gasteiger partial charge in [-0.3, -0.25) is 10.0 Å². The molecule has 0 bridgehead atoms. The van der Waals surface area contributed by atoms with Gasteiger partial charge in [-0.15, -0.1) is 0 Å². The zero-order valence-corrected chi connectivity index (χ0v) is 10.2. The summed E-state index contributed by atoms with van der Waals surface area (Å²) in [4.78, 5) is 11.0. The van der Waals surface area contributed by atoms with Gasteiger partial charge in [0.25, 0.3) is 5.91 Å². The predicted octanol–water partition coefficient (Wildman–Crippen LogP) is -3.04. The Balaban J connectivity index is 4.64. The second-order valence-corrected chi connectivity index (χ2v) is 6.65. The Labute approximate surface area is 93.3 Å². The summed E-state index contributed by atoms with van der Waals surface area (Å²) in [5, 5.41) is 8.32. The van der Waals surface area contributed by atoms with Gasteiger partial charge in [0, 0.05) is 6.54 Å². The third kappa shape index (κ3) is 7.53. The van der Waals surface area contributed by atoms with Crippen LogP contribution in [0.25, 0.3) is 0 Å². The maximum Gasteiger partial charge on any atom is 0.262 e. The highest BCUT2D eigenvalue weighted by Gasteiger charge is 2.22. The summed E-state index contributed by atoms with van der Waals surface area (Å²) in [6, 6.07) is -1.42. The number of amides is 1. The molecule has 0 aliphatic rings. The topological polar surface area (TPSA) is 142 Å². The van der Waals surface area contributed by atoms with Crippen molar-refractivity contribution in [3.8, 4) is 0 Å². The third-order valence-corrected chi connectivity index (χ3v) is 2.74. The van der Waals surface area contributed by atoms with Crippen molar-refractivity contribution in [3.05, 3.63) is 0 Å². The highest BCUT2D eigenvalue weighted by molar-refractivity contribution is 7.89. The molecule has 0 aromatic carbocycles. The maximum atomic E-state index is 11.0. The normalized spacial score (nSPS) is 14.4. The summed E-state index contributed by atoms with van der Waals surface area (Å²) >= 11 is 0. The lowest BCUT2D eigenvalue weighted by Crippen LogP contribution is -2.51. The van der Waals surface area contributed by atoms with Gasteiger partial charge < -0.3 is 0 Å². The van der Waals surface area contributed by atoms with Crippen LogP contribution in [0.2, 0.25) is 0 Å². The molecule has 96 valence electrons. The van der Waals surface area contributed by atoms with Crippen LogP contribution < -0.4 is 14.9 Å². The lowest BCUT2D eigenvalue weighted by Gasteiger charge is -2.15. The predicted molar refractivity (Wildman–Crippen MR) is 54.5 cm³/mol. The van der Waals surface area contributed by atoms with E-state index in [4.69, 9.17) is 5.21 Å². The Kier molecular flexibility index (Phi) is 5.28. The highest BCUT2D eigenvalue weighted by atomic mass is 32.2. The van der Waals surface area contributed by atoms with Gasteiger partial charge in [0.05, 0.1) is 12.5 Å². The summed E-state index contributed by atoms with van der Waals surface area (Å²) < 4.78 is 46.9. The van der Waals surface area contributed by atoms with Crippen LogP contribution in [0.4, 0.5) is 0 Å². The third-order valence-electron chi connectivity index (χ3n) is 1.33. The lowest BCUT2D eigenvalue weighted by atomic mass is 10.3. The van der Waals surface area contributed by atoms with Crippen LogP contribution in [0.1, 0.15) is 0 Å². The molecule has 1 atom stereocenters. The summed E-state index contributed by atoms with van der Waals surface area (Å²) in [5.41, 5.74) is 1.22. The summed E-state index contributed by atoms with van der Waals surface area (Å²) in [5.74, 6) is -1.07. The summed E-state index contributed by atoms with van der Waals surface area (Å²) in [6.45, 7) is -0.502. The average Bonchev–Trinajstić information content (AvgIpc) is 2.07. The highest BCUT2D eigenvalue weighted by Crippen LogP contribution is 1.88. The maximum absolute atomic E-state index is 11.0. The van der Waals surface area contributed by atoms with Crippen LogP contribution in [0.5, 0.6) is 0 Å². The zero-order valence-electron chi connectivity index (χ0n) is 8.59. The van der Waals surface area contributed by atoms with Crippen molar-refractivity contribution in [3.63, 3.8) is 0 Å². The van der Waals surface area contributed by atoms with E-state index in [0.717, 1.165) is 12.5 Å². The molecule has 0 rings (SSSR count). The molecule has 0 saturated heterocycles. The van der Waals surface area contributed by atoms with E-state index in [1.54, 1.807) is 0 Å². The molecule has 4 N–H and O–H groups in total. The van der Waals surface area contributed by atoms with E-state index in [1.165, 1.54) is 5.48 Å². The molecule has 0 aliphatic heterocycles. The number of hydrogen-bond acceptors (Lipinski definition) is 6. The van der Waals surface area contributed by atoms with E-state index < -0.39 is 38.5 Å². The standard InChI is InChI=1S/C5H13N3O6S2/c1-15(11,12)6-3-4(5(9)7-10)8-16(2,13)14/h4,6,8,10H,3H2,1-2H3,(H,7,9). The van der Waals surface area contributed by atoms with Crippen molar-refractivity contribution in [1.29, 1.82) is 0 Å². The first-order valence-corrected chi connectivity index (χ1v) is 7.69. The first kappa shape index (κ1) is 15.2. The van der Waals surface area contributed by atoms with Gasteiger partial charge in [0.1, 0.15) is 6.04 Å². The van der Waals surface area contributed by atoms with Crippen molar-refractivity contribution < 1.29 is 26.8 Å². The molecular formula is C5H13N3O6S2. The first-order valence-electron chi connectivity index (χ1n) is 3.91. The fourth-order valence-corrected chi connectivity index (χ4v) is 1.94. The Morgan fingerprint density at radius 2 is 1.69 bits per heavy atom. The molecule has 9 nitrogen and oxygen atoms in total. The number of rotatable bonds is 6. The number of carbonyl (C=O) groups excluding carboxylic acids is 1. The molecule has 0 aliphatic carbocycles. The van der Waals surface area contributed by atoms with Gasteiger partial charge in [-0.05, 0) is 0 Å². The van der Waals surface area contributed by atoms with E-state index >= 15 is 0 Å². The van der Waals surface area contributed by atoms with Crippen molar-refractivity contribution in [2.24, 2.45) is 0 Å². The molecular weight excluding hydrogens is 262 g/mol. The molecule has 1 unspecified atom stereocenters. The molecule has 0 radical (unpaired) electrons. The zero-order chi connectivity index (χ0) is 13.0. The van der Waals surface area contributed by atoms with E-state index in [1.807, 2.05) is 9.44 Å². The van der Waals surface area contributed by atoms with Gasteiger partial charge in [-0.25, -0.2) is 31.8 Å². The van der Waals surface area contributed by atoms with Crippen LogP contribution in [0.3, 0.4) is 0 Å². The van der Waals surface area contributed by atoms with Gasteiger partial charge in [0.15, 0.2) is 0 Å². The van der Waals surface area contributed by atoms with Crippen LogP contribution in [-0.2, 0) is 24.8 Å². The summed E-state index contributed by atoms with van der Waals surface area (Å²) in [6.07, 6.45) is 1.65. The largest absolute Gasteiger partial charge is 0.289 e. The van der Waals surface area contributed by atoms with Gasteiger partial charge >= 0.3 is 0 Å². The number of hydrogen-bond donors (Lipinski definition) is 4. The number of sulfonamides is 2. The Morgan fingerprint density at radius 1 is 1.19 bits per heavy atom. The Morgan fingerprint density at radius 3 is 2.00 bits per heavy atom. The van der Waals surface area contributed by atoms with E-state index in [2.05, 4.69) is 0 Å². The van der Waals surface area contributed by atoms with Gasteiger partial charge in [-0.2, -0.15) is 0 Å². The van der Waals surface area contributed by atoms with Crippen LogP contribution in [0.15, 0.2) is 0 Å². The Hall–Kier alpha value is -0.750.